The van der Waals surface area contributed by atoms with Crippen molar-refractivity contribution in [3.05, 3.63) is 53.6 Å². The van der Waals surface area contributed by atoms with E-state index in [1.165, 1.54) is 43.3 Å². The molecule has 0 bridgehead atoms. The van der Waals surface area contributed by atoms with Crippen molar-refractivity contribution in [1.29, 1.82) is 0 Å². The normalized spacial score (nSPS) is 11.4. The van der Waals surface area contributed by atoms with Gasteiger partial charge in [-0.3, -0.25) is 4.79 Å². The van der Waals surface area contributed by atoms with Crippen LogP contribution in [-0.4, -0.2) is 10.9 Å². The maximum Gasteiger partial charge on any atom is 0.417 e. The van der Waals surface area contributed by atoms with Crippen LogP contribution < -0.4 is 0 Å². The maximum atomic E-state index is 13.0. The number of carbonyl (C=O) groups is 1. The monoisotopic (exact) mass is 280 g/mol. The number of aromatic hydroxyl groups is 1. The lowest BCUT2D eigenvalue weighted by Crippen LogP contribution is -2.07. The molecule has 0 aliphatic heterocycles. The Morgan fingerprint density at radius 2 is 1.75 bits per heavy atom. The van der Waals surface area contributed by atoms with E-state index in [1.54, 1.807) is 0 Å². The zero-order valence-electron chi connectivity index (χ0n) is 10.5. The van der Waals surface area contributed by atoms with E-state index in [2.05, 4.69) is 0 Å². The van der Waals surface area contributed by atoms with Crippen LogP contribution in [0.25, 0.3) is 11.1 Å². The lowest BCUT2D eigenvalue weighted by molar-refractivity contribution is -0.137. The first-order chi connectivity index (χ1) is 9.30. The highest BCUT2D eigenvalue weighted by molar-refractivity contribution is 5.98. The fourth-order valence-electron chi connectivity index (χ4n) is 1.97. The molecule has 0 heterocycles. The van der Waals surface area contributed by atoms with Crippen LogP contribution in [0.5, 0.6) is 5.75 Å². The van der Waals surface area contributed by atoms with E-state index in [9.17, 15) is 23.1 Å². The molecule has 2 aromatic rings. The maximum absolute atomic E-state index is 13.0. The Labute approximate surface area is 113 Å². The van der Waals surface area contributed by atoms with Crippen LogP contribution in [0.15, 0.2) is 42.5 Å². The number of phenolic OH excluding ortho intramolecular Hbond substituents is 1. The number of rotatable bonds is 2. The molecule has 0 unspecified atom stereocenters. The lowest BCUT2D eigenvalue weighted by atomic mass is 9.96. The Hall–Kier alpha value is -2.30. The molecule has 104 valence electrons. The van der Waals surface area contributed by atoms with Crippen LogP contribution in [0, 0.1) is 0 Å². The zero-order chi connectivity index (χ0) is 14.9. The molecule has 0 fully saturated rings. The van der Waals surface area contributed by atoms with Crippen molar-refractivity contribution >= 4 is 5.78 Å². The number of hydrogen-bond acceptors (Lipinski definition) is 2. The Morgan fingerprint density at radius 1 is 1.10 bits per heavy atom. The summed E-state index contributed by atoms with van der Waals surface area (Å²) in [5.74, 6) is -0.653. The van der Waals surface area contributed by atoms with Crippen molar-refractivity contribution in [1.82, 2.24) is 0 Å². The molecule has 0 saturated carbocycles. The molecule has 20 heavy (non-hydrogen) atoms. The highest BCUT2D eigenvalue weighted by atomic mass is 19.4. The SMILES string of the molecule is CC(=O)c1cc(-c2ccccc2C(F)(F)F)ccc1O. The topological polar surface area (TPSA) is 37.3 Å². The third-order valence-electron chi connectivity index (χ3n) is 2.92. The predicted molar refractivity (Wildman–Crippen MR) is 68.5 cm³/mol. The molecule has 0 spiro atoms. The average molecular weight is 280 g/mol. The molecule has 0 atom stereocenters. The Morgan fingerprint density at radius 3 is 2.35 bits per heavy atom. The van der Waals surface area contributed by atoms with Gasteiger partial charge in [0, 0.05) is 0 Å². The summed E-state index contributed by atoms with van der Waals surface area (Å²) in [6.07, 6.45) is -4.48. The first-order valence-electron chi connectivity index (χ1n) is 5.81. The van der Waals surface area contributed by atoms with Gasteiger partial charge in [0.15, 0.2) is 5.78 Å². The van der Waals surface area contributed by atoms with Gasteiger partial charge >= 0.3 is 6.18 Å². The molecular weight excluding hydrogens is 269 g/mol. The molecular formula is C15H11F3O2. The Bertz CT molecular complexity index is 660. The molecule has 0 saturated heterocycles. The van der Waals surface area contributed by atoms with Crippen molar-refractivity contribution in [2.45, 2.75) is 13.1 Å². The van der Waals surface area contributed by atoms with Gasteiger partial charge in [-0.25, -0.2) is 0 Å². The molecule has 5 heteroatoms. The van der Waals surface area contributed by atoms with Gasteiger partial charge in [0.1, 0.15) is 5.75 Å². The number of Topliss-reactive ketones (excluding diaryl/α,β-unsaturated/α-hetero) is 1. The first kappa shape index (κ1) is 14.1. The number of halogens is 3. The van der Waals surface area contributed by atoms with Crippen molar-refractivity contribution in [3.8, 4) is 16.9 Å². The lowest BCUT2D eigenvalue weighted by Gasteiger charge is -2.13. The fourth-order valence-corrected chi connectivity index (χ4v) is 1.97. The van der Waals surface area contributed by atoms with Gasteiger partial charge in [-0.1, -0.05) is 24.3 Å². The van der Waals surface area contributed by atoms with Crippen LogP contribution >= 0.6 is 0 Å². The Kier molecular flexibility index (Phi) is 3.53. The molecule has 0 aromatic heterocycles. The van der Waals surface area contributed by atoms with Crippen molar-refractivity contribution in [2.24, 2.45) is 0 Å². The molecule has 2 aromatic carbocycles. The average Bonchev–Trinajstić information content (AvgIpc) is 2.38. The minimum atomic E-state index is -4.48. The number of benzene rings is 2. The number of ketones is 1. The van der Waals surface area contributed by atoms with E-state index < -0.39 is 17.5 Å². The standard InChI is InChI=1S/C15H11F3O2/c1-9(19)12-8-10(6-7-14(12)20)11-4-2-3-5-13(11)15(16,17)18/h2-8,20H,1H3. The highest BCUT2D eigenvalue weighted by Crippen LogP contribution is 2.37. The number of phenols is 1. The largest absolute Gasteiger partial charge is 0.507 e. The van der Waals surface area contributed by atoms with E-state index in [4.69, 9.17) is 0 Å². The van der Waals surface area contributed by atoms with Crippen LogP contribution in [-0.2, 0) is 6.18 Å². The second kappa shape index (κ2) is 5.00. The predicted octanol–water partition coefficient (Wildman–Crippen LogP) is 4.28. The van der Waals surface area contributed by atoms with Crippen molar-refractivity contribution < 1.29 is 23.1 Å². The van der Waals surface area contributed by atoms with Gasteiger partial charge in [-0.05, 0) is 36.2 Å². The number of hydrogen-bond donors (Lipinski definition) is 1. The molecule has 2 nitrogen and oxygen atoms in total. The fraction of sp³-hybridized carbons (Fsp3) is 0.133. The quantitative estimate of drug-likeness (QED) is 0.834. The van der Waals surface area contributed by atoms with Crippen LogP contribution in [0.4, 0.5) is 13.2 Å². The first-order valence-corrected chi connectivity index (χ1v) is 5.81. The number of carbonyl (C=O) groups excluding carboxylic acids is 1. The van der Waals surface area contributed by atoms with Crippen molar-refractivity contribution in [3.63, 3.8) is 0 Å². The summed E-state index contributed by atoms with van der Waals surface area (Å²) in [7, 11) is 0. The van der Waals surface area contributed by atoms with E-state index in [0.29, 0.717) is 0 Å². The third-order valence-corrected chi connectivity index (χ3v) is 2.92. The Balaban J connectivity index is 2.64. The smallest absolute Gasteiger partial charge is 0.417 e. The van der Waals surface area contributed by atoms with Gasteiger partial charge in [0.05, 0.1) is 11.1 Å². The zero-order valence-corrected chi connectivity index (χ0v) is 10.5. The molecule has 0 aliphatic rings. The summed E-state index contributed by atoms with van der Waals surface area (Å²) >= 11 is 0. The van der Waals surface area contributed by atoms with E-state index >= 15 is 0 Å². The minimum Gasteiger partial charge on any atom is -0.507 e. The highest BCUT2D eigenvalue weighted by Gasteiger charge is 2.33. The van der Waals surface area contributed by atoms with E-state index in [1.807, 2.05) is 0 Å². The second-order valence-electron chi connectivity index (χ2n) is 4.33. The summed E-state index contributed by atoms with van der Waals surface area (Å²) in [4.78, 5) is 11.3. The summed E-state index contributed by atoms with van der Waals surface area (Å²) in [5, 5.41) is 9.54. The van der Waals surface area contributed by atoms with Gasteiger partial charge in [-0.15, -0.1) is 0 Å². The summed E-state index contributed by atoms with van der Waals surface area (Å²) < 4.78 is 38.9. The molecule has 0 radical (unpaired) electrons. The summed E-state index contributed by atoms with van der Waals surface area (Å²) in [6, 6.07) is 8.95. The molecule has 1 N–H and O–H groups in total. The van der Waals surface area contributed by atoms with Crippen LogP contribution in [0.3, 0.4) is 0 Å². The van der Waals surface area contributed by atoms with Gasteiger partial charge in [0.25, 0.3) is 0 Å². The number of alkyl halides is 3. The molecule has 2 rings (SSSR count). The second-order valence-corrected chi connectivity index (χ2v) is 4.33. The molecule has 0 amide bonds. The molecule has 0 aliphatic carbocycles. The van der Waals surface area contributed by atoms with Gasteiger partial charge in [-0.2, -0.15) is 13.2 Å². The van der Waals surface area contributed by atoms with E-state index in [0.717, 1.165) is 6.07 Å². The van der Waals surface area contributed by atoms with Crippen LogP contribution in [0.1, 0.15) is 22.8 Å². The van der Waals surface area contributed by atoms with Gasteiger partial charge in [0.2, 0.25) is 0 Å². The van der Waals surface area contributed by atoms with Gasteiger partial charge < -0.3 is 5.11 Å². The van der Waals surface area contributed by atoms with Crippen molar-refractivity contribution in [2.75, 3.05) is 0 Å². The minimum absolute atomic E-state index is 0.000484. The van der Waals surface area contributed by atoms with E-state index in [-0.39, 0.29) is 22.4 Å². The third kappa shape index (κ3) is 2.66. The van der Waals surface area contributed by atoms with Crippen LogP contribution in [0.2, 0.25) is 0 Å². The summed E-state index contributed by atoms with van der Waals surface area (Å²) in [5.41, 5.74) is -0.567. The summed E-state index contributed by atoms with van der Waals surface area (Å²) in [6.45, 7) is 1.24.